The van der Waals surface area contributed by atoms with Crippen molar-refractivity contribution in [3.63, 3.8) is 0 Å². The Morgan fingerprint density at radius 3 is 1.74 bits per heavy atom. The third kappa shape index (κ3) is 5.31. The van der Waals surface area contributed by atoms with E-state index in [2.05, 4.69) is 19.9 Å². The number of benzene rings is 4. The van der Waals surface area contributed by atoms with Crippen LogP contribution in [0.15, 0.2) is 118 Å². The average molecular weight is 737 g/mol. The molecule has 0 aliphatic carbocycles. The average Bonchev–Trinajstić information content (AvgIpc) is 4.01. The van der Waals surface area contributed by atoms with Gasteiger partial charge in [0.05, 0.1) is 32.6 Å². The molecule has 0 amide bonds. The zero-order valence-corrected chi connectivity index (χ0v) is 27.4. The van der Waals surface area contributed by atoms with Crippen LogP contribution in [-0.4, -0.2) is 28.7 Å². The number of rotatable bonds is 4. The smallest absolute Gasteiger partial charge is 0.306 e. The highest BCUT2D eigenvalue weighted by Gasteiger charge is 2.25. The molecule has 15 heteroatoms. The Bertz CT molecular complexity index is 3020. The van der Waals surface area contributed by atoms with Crippen LogP contribution in [0.25, 0.3) is 77.8 Å². The van der Waals surface area contributed by atoms with Crippen LogP contribution in [0.2, 0.25) is 0 Å². The van der Waals surface area contributed by atoms with E-state index in [0.717, 1.165) is 38.8 Å². The number of halogens is 6. The topological polar surface area (TPSA) is 86.7 Å². The van der Waals surface area contributed by atoms with Crippen molar-refractivity contribution in [1.29, 1.82) is 0 Å². The number of thiazole rings is 1. The minimum Gasteiger partial charge on any atom is -0.432 e. The van der Waals surface area contributed by atoms with Crippen molar-refractivity contribution in [2.75, 3.05) is 0 Å². The van der Waals surface area contributed by atoms with Gasteiger partial charge < -0.3 is 8.83 Å². The summed E-state index contributed by atoms with van der Waals surface area (Å²) in [5.74, 6) is -7.70. The number of fused-ring (bicyclic) bond motifs is 4. The van der Waals surface area contributed by atoms with Crippen molar-refractivity contribution in [2.45, 2.75) is 0 Å². The summed E-state index contributed by atoms with van der Waals surface area (Å²) in [7, 11) is 0. The first-order valence-corrected chi connectivity index (χ1v) is 16.5. The molecule has 0 atom stereocenters. The van der Waals surface area contributed by atoms with Crippen molar-refractivity contribution in [2.24, 2.45) is 0 Å². The molecule has 0 saturated carbocycles. The summed E-state index contributed by atoms with van der Waals surface area (Å²) >= 11 is 1.47. The molecule has 0 bridgehead atoms. The van der Waals surface area contributed by atoms with E-state index in [1.54, 1.807) is 32.9 Å². The van der Waals surface area contributed by atoms with E-state index in [1.165, 1.54) is 36.0 Å². The van der Waals surface area contributed by atoms with E-state index in [0.29, 0.717) is 17.0 Å². The molecule has 6 aromatic heterocycles. The molecule has 10 aromatic rings. The maximum Gasteiger partial charge on any atom is 0.306 e. The summed E-state index contributed by atoms with van der Waals surface area (Å²) in [6.45, 7) is 0. The van der Waals surface area contributed by atoms with Gasteiger partial charge in [-0.05, 0) is 54.6 Å². The van der Waals surface area contributed by atoms with Gasteiger partial charge in [-0.3, -0.25) is 13.8 Å². The van der Waals surface area contributed by atoms with Crippen LogP contribution in [0.3, 0.4) is 0 Å². The Kier molecular flexibility index (Phi) is 7.58. The molecule has 4 aromatic carbocycles. The number of aromatic nitrogens is 6. The van der Waals surface area contributed by atoms with Gasteiger partial charge in [-0.2, -0.15) is 9.97 Å². The Labute approximate surface area is 296 Å². The van der Waals surface area contributed by atoms with Gasteiger partial charge in [-0.25, -0.2) is 31.3 Å². The maximum atomic E-state index is 14.4. The van der Waals surface area contributed by atoms with E-state index in [4.69, 9.17) is 8.83 Å². The summed E-state index contributed by atoms with van der Waals surface area (Å²) in [4.78, 5) is 17.1. The van der Waals surface area contributed by atoms with Gasteiger partial charge >= 0.3 is 11.7 Å². The molecule has 0 fully saturated rings. The van der Waals surface area contributed by atoms with Crippen LogP contribution in [0.1, 0.15) is 0 Å². The summed E-state index contributed by atoms with van der Waals surface area (Å²) < 4.78 is 97.8. The molecule has 0 unspecified atom stereocenters. The van der Waals surface area contributed by atoms with Crippen LogP contribution >= 0.6 is 11.3 Å². The Morgan fingerprint density at radius 1 is 0.566 bits per heavy atom. The highest BCUT2D eigenvalue weighted by Crippen LogP contribution is 2.38. The molecular formula is C38H18F6N6O2S. The zero-order valence-electron chi connectivity index (χ0n) is 26.6. The molecule has 6 heterocycles. The number of imidazole rings is 2. The van der Waals surface area contributed by atoms with Crippen molar-refractivity contribution < 1.29 is 35.2 Å². The molecule has 0 radical (unpaired) electrons. The third-order valence-electron chi connectivity index (χ3n) is 8.59. The molecule has 0 N–H and O–H groups in total. The van der Waals surface area contributed by atoms with Crippen LogP contribution in [0.4, 0.5) is 26.3 Å². The van der Waals surface area contributed by atoms with Crippen molar-refractivity contribution in [1.82, 2.24) is 28.7 Å². The molecular weight excluding hydrogens is 719 g/mol. The van der Waals surface area contributed by atoms with Crippen molar-refractivity contribution in [3.05, 3.63) is 144 Å². The molecule has 0 aliphatic heterocycles. The standard InChI is InChI=1S/C20H10F3N3O.C18H8F3N3OS/c21-14-5-4-13(16(22)17(14)23)18-19(26-8-9-27-20(26)25-18)12-3-6-15-11(10-12)2-1-7-24-15;19-11-3-2-10(14(20)15(11)21)16-17(24-5-6-25-18(24)23-16)9-1-4-12-13(7-9)26-8-22-12/h1-10H;1-8H. The van der Waals surface area contributed by atoms with Gasteiger partial charge in [0.2, 0.25) is 0 Å². The molecule has 8 nitrogen and oxygen atoms in total. The fraction of sp³-hybridized carbons (Fsp3) is 0. The van der Waals surface area contributed by atoms with Crippen LogP contribution in [0.5, 0.6) is 0 Å². The number of hydrogen-bond acceptors (Lipinski definition) is 7. The van der Waals surface area contributed by atoms with Crippen LogP contribution in [0, 0.1) is 34.9 Å². The fourth-order valence-corrected chi connectivity index (χ4v) is 6.86. The lowest BCUT2D eigenvalue weighted by atomic mass is 10.0. The lowest BCUT2D eigenvalue weighted by Gasteiger charge is -2.07. The number of oxazole rings is 2. The summed E-state index contributed by atoms with van der Waals surface area (Å²) in [5.41, 5.74) is 5.90. The minimum absolute atomic E-state index is 0.137. The monoisotopic (exact) mass is 736 g/mol. The van der Waals surface area contributed by atoms with Crippen LogP contribution in [-0.2, 0) is 0 Å². The molecule has 0 aliphatic rings. The largest absolute Gasteiger partial charge is 0.432 e. The van der Waals surface area contributed by atoms with E-state index in [-0.39, 0.29) is 34.2 Å². The lowest BCUT2D eigenvalue weighted by molar-refractivity contribution is 0.449. The third-order valence-corrected chi connectivity index (χ3v) is 9.38. The predicted octanol–water partition coefficient (Wildman–Crippen LogP) is 10.5. The molecule has 260 valence electrons. The normalized spacial score (nSPS) is 11.6. The molecule has 10 rings (SSSR count). The van der Waals surface area contributed by atoms with E-state index < -0.39 is 34.9 Å². The Hall–Kier alpha value is -6.74. The highest BCUT2D eigenvalue weighted by molar-refractivity contribution is 7.16. The predicted molar refractivity (Wildman–Crippen MR) is 185 cm³/mol. The van der Waals surface area contributed by atoms with E-state index >= 15 is 0 Å². The second-order valence-electron chi connectivity index (χ2n) is 11.6. The second kappa shape index (κ2) is 12.5. The van der Waals surface area contributed by atoms with Crippen molar-refractivity contribution in [3.8, 4) is 45.0 Å². The SMILES string of the molecule is Fc1ccc(-c2nc3occn3c2-c2ccc3ncccc3c2)c(F)c1F.Fc1ccc(-c2nc3occn3c2-c2ccc3ncsc3c2)c(F)c1F. The number of hydrogen-bond donors (Lipinski definition) is 0. The van der Waals surface area contributed by atoms with Crippen molar-refractivity contribution >= 4 is 44.1 Å². The van der Waals surface area contributed by atoms with Crippen LogP contribution < -0.4 is 0 Å². The number of nitrogens with zero attached hydrogens (tertiary/aromatic N) is 6. The summed E-state index contributed by atoms with van der Waals surface area (Å²) in [5, 5.41) is 0.880. The van der Waals surface area contributed by atoms with E-state index in [9.17, 15) is 26.3 Å². The first-order chi connectivity index (χ1) is 25.8. The van der Waals surface area contributed by atoms with Gasteiger partial charge in [0.15, 0.2) is 34.9 Å². The molecule has 0 spiro atoms. The first kappa shape index (κ1) is 32.2. The highest BCUT2D eigenvalue weighted by atomic mass is 32.1. The number of pyridine rings is 1. The lowest BCUT2D eigenvalue weighted by Crippen LogP contribution is -1.96. The second-order valence-corrected chi connectivity index (χ2v) is 12.5. The Balaban J connectivity index is 0.000000141. The maximum absolute atomic E-state index is 14.4. The Morgan fingerprint density at radius 2 is 1.13 bits per heavy atom. The first-order valence-electron chi connectivity index (χ1n) is 15.6. The van der Waals surface area contributed by atoms with Gasteiger partial charge in [-0.15, -0.1) is 11.3 Å². The fourth-order valence-electron chi connectivity index (χ4n) is 6.14. The van der Waals surface area contributed by atoms with E-state index in [1.807, 2.05) is 48.5 Å². The minimum atomic E-state index is -1.54. The quantitative estimate of drug-likeness (QED) is 0.132. The van der Waals surface area contributed by atoms with Gasteiger partial charge in [0.25, 0.3) is 0 Å². The summed E-state index contributed by atoms with van der Waals surface area (Å²) in [6, 6.07) is 18.9. The molecule has 53 heavy (non-hydrogen) atoms. The molecule has 0 saturated heterocycles. The van der Waals surface area contributed by atoms with Gasteiger partial charge in [-0.1, -0.05) is 18.2 Å². The van der Waals surface area contributed by atoms with Gasteiger partial charge in [0, 0.05) is 46.2 Å². The van der Waals surface area contributed by atoms with Gasteiger partial charge in [0.1, 0.15) is 23.9 Å². The zero-order chi connectivity index (χ0) is 36.4. The summed E-state index contributed by atoms with van der Waals surface area (Å²) in [6.07, 6.45) is 7.85.